The number of rotatable bonds is 5. The molecule has 0 spiro atoms. The van der Waals surface area contributed by atoms with E-state index in [2.05, 4.69) is 48.5 Å². The minimum absolute atomic E-state index is 0.00236. The number of nitrogens with zero attached hydrogens (tertiary/aromatic N) is 2. The van der Waals surface area contributed by atoms with Crippen LogP contribution in [0.25, 0.3) is 0 Å². The summed E-state index contributed by atoms with van der Waals surface area (Å²) in [5.74, 6) is -0.493. The van der Waals surface area contributed by atoms with Gasteiger partial charge in [-0.15, -0.1) is 0 Å². The molecule has 172 valence electrons. The molecule has 2 aromatic carbocycles. The number of benzene rings is 2. The molecule has 0 bridgehead atoms. The van der Waals surface area contributed by atoms with Crippen molar-refractivity contribution in [3.8, 4) is 0 Å². The lowest BCUT2D eigenvalue weighted by atomic mass is 9.94. The van der Waals surface area contributed by atoms with E-state index >= 15 is 0 Å². The first-order chi connectivity index (χ1) is 16.1. The second-order valence-electron chi connectivity index (χ2n) is 9.33. The molecule has 2 aliphatic heterocycles. The Kier molecular flexibility index (Phi) is 6.52. The van der Waals surface area contributed by atoms with Gasteiger partial charge in [0.05, 0.1) is 26.2 Å². The highest BCUT2D eigenvalue weighted by atomic mass is 35.5. The van der Waals surface area contributed by atoms with Gasteiger partial charge in [0.15, 0.2) is 0 Å². The highest BCUT2D eigenvalue weighted by Gasteiger charge is 2.45. The molecular weight excluding hydrogens is 434 g/mol. The maximum absolute atomic E-state index is 13.3. The van der Waals surface area contributed by atoms with Gasteiger partial charge in [0.25, 0.3) is 11.8 Å². The molecule has 0 aromatic heterocycles. The normalized spacial score (nSPS) is 20.9. The summed E-state index contributed by atoms with van der Waals surface area (Å²) in [7, 11) is 0. The molecule has 2 amide bonds. The van der Waals surface area contributed by atoms with Crippen LogP contribution in [0.1, 0.15) is 49.3 Å². The number of imide groups is 1. The lowest BCUT2D eigenvalue weighted by molar-refractivity contribution is -0.929. The van der Waals surface area contributed by atoms with E-state index in [1.165, 1.54) is 27.3 Å². The van der Waals surface area contributed by atoms with Crippen molar-refractivity contribution in [1.29, 1.82) is 0 Å². The van der Waals surface area contributed by atoms with Crippen molar-refractivity contribution in [3.05, 3.63) is 82.5 Å². The summed E-state index contributed by atoms with van der Waals surface area (Å²) in [5.41, 5.74) is 3.00. The molecule has 1 saturated heterocycles. The number of nitrogens with one attached hydrogen (secondary N) is 1. The number of carbonyl (C=O) groups excluding carboxylic acids is 2. The van der Waals surface area contributed by atoms with E-state index in [-0.39, 0.29) is 28.9 Å². The standard InChI is InChI=1S/C27H30ClN3O2/c28-23-25(27(33)31(26(23)32)22-14-8-3-9-15-22)30-18-16-29(17-19-30)24(20-10-4-1-5-11-20)21-12-6-2-7-13-21/h1-2,4-7,10-13,22,24H,3,8-9,14-19H2/p+1. The molecule has 6 heteroatoms. The summed E-state index contributed by atoms with van der Waals surface area (Å²) in [4.78, 5) is 31.1. The predicted octanol–water partition coefficient (Wildman–Crippen LogP) is 3.13. The van der Waals surface area contributed by atoms with Gasteiger partial charge in [-0.25, -0.2) is 0 Å². The third-order valence-electron chi connectivity index (χ3n) is 7.37. The Morgan fingerprint density at radius 1 is 0.788 bits per heavy atom. The van der Waals surface area contributed by atoms with Crippen molar-refractivity contribution in [2.24, 2.45) is 0 Å². The SMILES string of the molecule is O=C1C(Cl)=C(N2CC[NH+](C(c3ccccc3)c3ccccc3)CC2)C(=O)N1C1CCCCC1. The van der Waals surface area contributed by atoms with Gasteiger partial charge < -0.3 is 9.80 Å². The number of halogens is 1. The average molecular weight is 465 g/mol. The van der Waals surface area contributed by atoms with Gasteiger partial charge in [-0.2, -0.15) is 0 Å². The zero-order chi connectivity index (χ0) is 22.8. The molecular formula is C27H31ClN3O2+. The summed E-state index contributed by atoms with van der Waals surface area (Å²) < 4.78 is 0. The van der Waals surface area contributed by atoms with Crippen molar-refractivity contribution in [2.75, 3.05) is 26.2 Å². The van der Waals surface area contributed by atoms with E-state index in [1.807, 2.05) is 17.0 Å². The largest absolute Gasteiger partial charge is 0.354 e. The van der Waals surface area contributed by atoms with Crippen LogP contribution < -0.4 is 4.90 Å². The Morgan fingerprint density at radius 2 is 1.33 bits per heavy atom. The van der Waals surface area contributed by atoms with Crippen LogP contribution in [0.15, 0.2) is 71.4 Å². The summed E-state index contributed by atoms with van der Waals surface area (Å²) in [6.07, 6.45) is 5.09. The van der Waals surface area contributed by atoms with Crippen molar-refractivity contribution in [3.63, 3.8) is 0 Å². The summed E-state index contributed by atoms with van der Waals surface area (Å²) in [6.45, 7) is 3.14. The van der Waals surface area contributed by atoms with Crippen LogP contribution in [0.3, 0.4) is 0 Å². The minimum atomic E-state index is -0.301. The number of quaternary nitrogens is 1. The van der Waals surface area contributed by atoms with Crippen LogP contribution in [-0.4, -0.2) is 53.8 Å². The molecule has 0 radical (unpaired) electrons. The van der Waals surface area contributed by atoms with E-state index in [4.69, 9.17) is 11.6 Å². The second kappa shape index (κ2) is 9.70. The van der Waals surface area contributed by atoms with E-state index in [0.717, 1.165) is 38.8 Å². The first-order valence-electron chi connectivity index (χ1n) is 12.1. The third-order valence-corrected chi connectivity index (χ3v) is 7.71. The number of hydrogen-bond acceptors (Lipinski definition) is 3. The highest BCUT2D eigenvalue weighted by molar-refractivity contribution is 6.47. The topological polar surface area (TPSA) is 45.1 Å². The molecule has 1 N–H and O–H groups in total. The van der Waals surface area contributed by atoms with Crippen LogP contribution in [-0.2, 0) is 9.59 Å². The third kappa shape index (κ3) is 4.32. The molecule has 0 unspecified atom stereocenters. The first kappa shape index (κ1) is 22.2. The number of amides is 2. The fourth-order valence-corrected chi connectivity index (χ4v) is 6.00. The fourth-order valence-electron chi connectivity index (χ4n) is 5.71. The average Bonchev–Trinajstić information content (AvgIpc) is 3.09. The minimum Gasteiger partial charge on any atom is -0.354 e. The van der Waals surface area contributed by atoms with Crippen LogP contribution >= 0.6 is 11.6 Å². The molecule has 1 saturated carbocycles. The summed E-state index contributed by atoms with van der Waals surface area (Å²) >= 11 is 6.48. The van der Waals surface area contributed by atoms with Crippen molar-refractivity contribution < 1.29 is 14.5 Å². The van der Waals surface area contributed by atoms with Crippen LogP contribution in [0, 0.1) is 0 Å². The van der Waals surface area contributed by atoms with Crippen molar-refractivity contribution in [1.82, 2.24) is 9.80 Å². The molecule has 2 aromatic rings. The van der Waals surface area contributed by atoms with Crippen LogP contribution in [0.4, 0.5) is 0 Å². The van der Waals surface area contributed by atoms with Gasteiger partial charge in [0.1, 0.15) is 16.8 Å². The molecule has 0 atom stereocenters. The monoisotopic (exact) mass is 464 g/mol. The Labute approximate surface area is 200 Å². The Morgan fingerprint density at radius 3 is 1.88 bits per heavy atom. The molecule has 5 rings (SSSR count). The number of hydrogen-bond donors (Lipinski definition) is 1. The molecule has 3 aliphatic rings. The van der Waals surface area contributed by atoms with Crippen molar-refractivity contribution >= 4 is 23.4 Å². The molecule has 5 nitrogen and oxygen atoms in total. The van der Waals surface area contributed by atoms with E-state index < -0.39 is 0 Å². The maximum atomic E-state index is 13.3. The summed E-state index contributed by atoms with van der Waals surface area (Å²) in [6, 6.07) is 21.5. The van der Waals surface area contributed by atoms with Crippen LogP contribution in [0.2, 0.25) is 0 Å². The Balaban J connectivity index is 1.33. The van der Waals surface area contributed by atoms with E-state index in [1.54, 1.807) is 0 Å². The number of carbonyl (C=O) groups is 2. The molecule has 33 heavy (non-hydrogen) atoms. The lowest BCUT2D eigenvalue weighted by Gasteiger charge is -2.38. The zero-order valence-corrected chi connectivity index (χ0v) is 19.6. The Hall–Kier alpha value is -2.63. The van der Waals surface area contributed by atoms with Gasteiger partial charge in [0, 0.05) is 17.2 Å². The Bertz CT molecular complexity index is 986. The van der Waals surface area contributed by atoms with Crippen LogP contribution in [0.5, 0.6) is 0 Å². The molecule has 1 aliphatic carbocycles. The second-order valence-corrected chi connectivity index (χ2v) is 9.71. The molecule has 2 heterocycles. The smallest absolute Gasteiger partial charge is 0.279 e. The van der Waals surface area contributed by atoms with E-state index in [0.29, 0.717) is 18.8 Å². The van der Waals surface area contributed by atoms with Gasteiger partial charge in [-0.3, -0.25) is 14.5 Å². The quantitative estimate of drug-likeness (QED) is 0.691. The van der Waals surface area contributed by atoms with Gasteiger partial charge in [0.2, 0.25) is 0 Å². The predicted molar refractivity (Wildman–Crippen MR) is 129 cm³/mol. The molecule has 2 fully saturated rings. The summed E-state index contributed by atoms with van der Waals surface area (Å²) in [5, 5.41) is 0.108. The van der Waals surface area contributed by atoms with E-state index in [9.17, 15) is 9.59 Å². The lowest BCUT2D eigenvalue weighted by Crippen LogP contribution is -3.15. The fraction of sp³-hybridized carbons (Fsp3) is 0.407. The van der Waals surface area contributed by atoms with Gasteiger partial charge in [-0.05, 0) is 12.8 Å². The number of piperazine rings is 1. The first-order valence-corrected chi connectivity index (χ1v) is 12.5. The zero-order valence-electron chi connectivity index (χ0n) is 18.9. The van der Waals surface area contributed by atoms with Gasteiger partial charge >= 0.3 is 0 Å². The van der Waals surface area contributed by atoms with Crippen molar-refractivity contribution in [2.45, 2.75) is 44.2 Å². The maximum Gasteiger partial charge on any atom is 0.279 e. The highest BCUT2D eigenvalue weighted by Crippen LogP contribution is 2.33. The van der Waals surface area contributed by atoms with Gasteiger partial charge in [-0.1, -0.05) is 91.5 Å².